The number of aryl methyl sites for hydroxylation is 2. The molecule has 3 aromatic rings. The van der Waals surface area contributed by atoms with E-state index in [9.17, 15) is 9.18 Å². The van der Waals surface area contributed by atoms with Crippen molar-refractivity contribution in [3.8, 4) is 5.75 Å². The van der Waals surface area contributed by atoms with Gasteiger partial charge in [0.25, 0.3) is 0 Å². The smallest absolute Gasteiger partial charge is 0.210 e. The molecular weight excluding hydrogens is 385 g/mol. The van der Waals surface area contributed by atoms with Crippen molar-refractivity contribution >= 4 is 39.7 Å². The predicted molar refractivity (Wildman–Crippen MR) is 107 cm³/mol. The van der Waals surface area contributed by atoms with Gasteiger partial charge in [0.2, 0.25) is 5.13 Å². The van der Waals surface area contributed by atoms with E-state index in [2.05, 4.69) is 22.4 Å². The van der Waals surface area contributed by atoms with Crippen molar-refractivity contribution in [1.82, 2.24) is 10.2 Å². The lowest BCUT2D eigenvalue weighted by atomic mass is 10.1. The molecule has 0 saturated heterocycles. The third-order valence-electron chi connectivity index (χ3n) is 3.95. The molecule has 0 spiro atoms. The lowest BCUT2D eigenvalue weighted by Crippen LogP contribution is -2.05. The van der Waals surface area contributed by atoms with Gasteiger partial charge in [0.05, 0.1) is 18.4 Å². The first-order valence-electron chi connectivity index (χ1n) is 8.13. The van der Waals surface area contributed by atoms with Gasteiger partial charge in [-0.25, -0.2) is 4.39 Å². The van der Waals surface area contributed by atoms with E-state index in [1.807, 2.05) is 25.1 Å². The topological polar surface area (TPSA) is 64.1 Å². The Morgan fingerprint density at radius 2 is 2.00 bits per heavy atom. The number of ether oxygens (including phenoxy) is 1. The highest BCUT2D eigenvalue weighted by Gasteiger charge is 2.15. The monoisotopic (exact) mass is 403 g/mol. The summed E-state index contributed by atoms with van der Waals surface area (Å²) >= 11 is 2.62. The van der Waals surface area contributed by atoms with E-state index >= 15 is 0 Å². The van der Waals surface area contributed by atoms with Gasteiger partial charge in [0, 0.05) is 5.69 Å². The van der Waals surface area contributed by atoms with E-state index in [0.717, 1.165) is 5.69 Å². The van der Waals surface area contributed by atoms with Gasteiger partial charge in [0.15, 0.2) is 10.1 Å². The summed E-state index contributed by atoms with van der Waals surface area (Å²) in [6.07, 6.45) is 0. The first-order chi connectivity index (χ1) is 13.0. The maximum atomic E-state index is 13.4. The quantitative estimate of drug-likeness (QED) is 0.441. The lowest BCUT2D eigenvalue weighted by molar-refractivity contribution is 0.101. The van der Waals surface area contributed by atoms with Gasteiger partial charge in [-0.2, -0.15) is 0 Å². The minimum absolute atomic E-state index is 0.123. The standard InChI is InChI=1S/C19H18FN3O2S2/c1-11-4-6-14(8-12(11)2)21-18-22-23-19(27-18)26-10-16(24)15-9-13(20)5-7-17(15)25-3/h4-9H,10H2,1-3H3,(H,21,22). The molecule has 5 nitrogen and oxygen atoms in total. The Morgan fingerprint density at radius 3 is 2.74 bits per heavy atom. The number of carbonyl (C=O) groups is 1. The molecule has 1 heterocycles. The molecule has 0 bridgehead atoms. The molecule has 2 aromatic carbocycles. The van der Waals surface area contributed by atoms with Gasteiger partial charge in [0.1, 0.15) is 11.6 Å². The molecule has 0 saturated carbocycles. The number of methoxy groups -OCH3 is 1. The number of thioether (sulfide) groups is 1. The van der Waals surface area contributed by atoms with Gasteiger partial charge in [-0.15, -0.1) is 10.2 Å². The Morgan fingerprint density at radius 1 is 1.19 bits per heavy atom. The molecule has 1 N–H and O–H groups in total. The molecule has 0 fully saturated rings. The summed E-state index contributed by atoms with van der Waals surface area (Å²) in [5, 5.41) is 12.1. The minimum atomic E-state index is -0.472. The molecule has 0 aliphatic carbocycles. The third kappa shape index (κ3) is 4.84. The molecule has 0 amide bonds. The van der Waals surface area contributed by atoms with Crippen molar-refractivity contribution in [3.63, 3.8) is 0 Å². The number of carbonyl (C=O) groups excluding carboxylic acids is 1. The third-order valence-corrected chi connectivity index (χ3v) is 5.93. The van der Waals surface area contributed by atoms with Crippen LogP contribution in [0.5, 0.6) is 5.75 Å². The first kappa shape index (κ1) is 19.3. The van der Waals surface area contributed by atoms with E-state index in [1.54, 1.807) is 0 Å². The first-order valence-corrected chi connectivity index (χ1v) is 9.94. The maximum absolute atomic E-state index is 13.4. The average molecular weight is 404 g/mol. The normalized spacial score (nSPS) is 10.7. The second-order valence-corrected chi connectivity index (χ2v) is 8.05. The summed E-state index contributed by atoms with van der Waals surface area (Å²) in [6, 6.07) is 9.97. The van der Waals surface area contributed by atoms with Crippen LogP contribution in [0.25, 0.3) is 0 Å². The van der Waals surface area contributed by atoms with E-state index in [0.29, 0.717) is 15.2 Å². The summed E-state index contributed by atoms with van der Waals surface area (Å²) in [5.74, 6) is -0.218. The molecule has 1 aromatic heterocycles. The number of nitrogens with one attached hydrogen (secondary N) is 1. The fourth-order valence-electron chi connectivity index (χ4n) is 2.36. The van der Waals surface area contributed by atoms with Gasteiger partial charge in [-0.05, 0) is 55.3 Å². The number of hydrogen-bond acceptors (Lipinski definition) is 7. The predicted octanol–water partition coefficient (Wildman–Crippen LogP) is 5.02. The zero-order valence-electron chi connectivity index (χ0n) is 15.1. The van der Waals surface area contributed by atoms with Gasteiger partial charge in [-0.3, -0.25) is 4.79 Å². The van der Waals surface area contributed by atoms with Crippen molar-refractivity contribution in [1.29, 1.82) is 0 Å². The Balaban J connectivity index is 1.63. The van der Waals surface area contributed by atoms with Crippen LogP contribution in [0.2, 0.25) is 0 Å². The SMILES string of the molecule is COc1ccc(F)cc1C(=O)CSc1nnc(Nc2ccc(C)c(C)c2)s1. The molecule has 0 atom stereocenters. The number of Topliss-reactive ketones (excluding diaryl/α,β-unsaturated/α-hetero) is 1. The summed E-state index contributed by atoms with van der Waals surface area (Å²) in [7, 11) is 1.45. The van der Waals surface area contributed by atoms with Gasteiger partial charge in [-0.1, -0.05) is 29.2 Å². The second-order valence-electron chi connectivity index (χ2n) is 5.85. The van der Waals surface area contributed by atoms with E-state index in [1.165, 1.54) is 59.5 Å². The molecule has 0 aliphatic rings. The number of nitrogens with zero attached hydrogens (tertiary/aromatic N) is 2. The van der Waals surface area contributed by atoms with E-state index in [-0.39, 0.29) is 17.1 Å². The summed E-state index contributed by atoms with van der Waals surface area (Å²) < 4.78 is 19.2. The number of ketones is 1. The second kappa shape index (κ2) is 8.49. The van der Waals surface area contributed by atoms with Crippen LogP contribution in [-0.4, -0.2) is 28.8 Å². The van der Waals surface area contributed by atoms with Gasteiger partial charge >= 0.3 is 0 Å². The van der Waals surface area contributed by atoms with Crippen LogP contribution in [0.1, 0.15) is 21.5 Å². The van der Waals surface area contributed by atoms with Crippen molar-refractivity contribution < 1.29 is 13.9 Å². The number of halogens is 1. The molecule has 8 heteroatoms. The Labute approximate surface area is 165 Å². The van der Waals surface area contributed by atoms with Crippen molar-refractivity contribution in [2.45, 2.75) is 18.2 Å². The largest absolute Gasteiger partial charge is 0.496 e. The molecule has 0 aliphatic heterocycles. The van der Waals surface area contributed by atoms with Crippen LogP contribution in [0.15, 0.2) is 40.7 Å². The van der Waals surface area contributed by atoms with Crippen LogP contribution < -0.4 is 10.1 Å². The van der Waals surface area contributed by atoms with Crippen LogP contribution in [0, 0.1) is 19.7 Å². The number of aromatic nitrogens is 2. The van der Waals surface area contributed by atoms with Gasteiger partial charge < -0.3 is 10.1 Å². The van der Waals surface area contributed by atoms with Crippen LogP contribution in [0.4, 0.5) is 15.2 Å². The van der Waals surface area contributed by atoms with Crippen molar-refractivity contribution in [2.75, 3.05) is 18.2 Å². The van der Waals surface area contributed by atoms with E-state index < -0.39 is 5.82 Å². The Hall–Kier alpha value is -2.45. The van der Waals surface area contributed by atoms with Crippen LogP contribution in [-0.2, 0) is 0 Å². The van der Waals surface area contributed by atoms with Crippen molar-refractivity contribution in [3.05, 3.63) is 58.9 Å². The molecule has 3 rings (SSSR count). The molecule has 140 valence electrons. The Bertz CT molecular complexity index is 975. The summed E-state index contributed by atoms with van der Waals surface area (Å²) in [5.41, 5.74) is 3.57. The average Bonchev–Trinajstić information content (AvgIpc) is 3.10. The number of rotatable bonds is 7. The highest BCUT2D eigenvalue weighted by Crippen LogP contribution is 2.29. The lowest BCUT2D eigenvalue weighted by Gasteiger charge is -2.06. The Kier molecular flexibility index (Phi) is 6.08. The summed E-state index contributed by atoms with van der Waals surface area (Å²) in [6.45, 7) is 4.11. The minimum Gasteiger partial charge on any atom is -0.496 e. The molecule has 27 heavy (non-hydrogen) atoms. The molecular formula is C19H18FN3O2S2. The fourth-order valence-corrected chi connectivity index (χ4v) is 4.02. The zero-order chi connectivity index (χ0) is 19.4. The van der Waals surface area contributed by atoms with Crippen molar-refractivity contribution in [2.24, 2.45) is 0 Å². The zero-order valence-corrected chi connectivity index (χ0v) is 16.7. The number of hydrogen-bond donors (Lipinski definition) is 1. The molecule has 0 unspecified atom stereocenters. The van der Waals surface area contributed by atoms with Crippen LogP contribution in [0.3, 0.4) is 0 Å². The summed E-state index contributed by atoms with van der Waals surface area (Å²) in [4.78, 5) is 12.4. The van der Waals surface area contributed by atoms with E-state index in [4.69, 9.17) is 4.74 Å². The number of benzene rings is 2. The van der Waals surface area contributed by atoms with Crippen LogP contribution >= 0.6 is 23.1 Å². The fraction of sp³-hybridized carbons (Fsp3) is 0.211. The maximum Gasteiger partial charge on any atom is 0.210 e. The highest BCUT2D eigenvalue weighted by atomic mass is 32.2. The highest BCUT2D eigenvalue weighted by molar-refractivity contribution is 8.01. The molecule has 0 radical (unpaired) electrons. The number of anilines is 2.